The first kappa shape index (κ1) is 14.0. The molecule has 0 atom stereocenters. The minimum atomic E-state index is -0.352. The van der Waals surface area contributed by atoms with E-state index in [1.807, 2.05) is 19.9 Å². The van der Waals surface area contributed by atoms with Crippen LogP contribution < -0.4 is 10.9 Å². The van der Waals surface area contributed by atoms with Gasteiger partial charge in [0.15, 0.2) is 0 Å². The maximum Gasteiger partial charge on any atom is 0.248 e. The maximum atomic E-state index is 11.6. The van der Waals surface area contributed by atoms with E-state index >= 15 is 0 Å². The standard InChI is InChI=1S/C15H16N2O3/c1-8-5-14(19)17-13-7-12(9(2)4-11(8)13)16-15(20)6-10(3)18/h4-5,7H,6H2,1-3H3,(H,16,20)(H,17,19). The molecule has 2 N–H and O–H groups in total. The number of pyridine rings is 1. The van der Waals surface area contributed by atoms with Gasteiger partial charge < -0.3 is 10.3 Å². The summed E-state index contributed by atoms with van der Waals surface area (Å²) in [5.41, 5.74) is 2.85. The second-order valence-electron chi connectivity index (χ2n) is 4.96. The summed E-state index contributed by atoms with van der Waals surface area (Å²) in [5.74, 6) is -0.542. The van der Waals surface area contributed by atoms with E-state index in [0.29, 0.717) is 11.2 Å². The maximum absolute atomic E-state index is 11.6. The first-order chi connectivity index (χ1) is 9.36. The molecule has 0 saturated heterocycles. The number of carbonyl (C=O) groups is 2. The molecule has 20 heavy (non-hydrogen) atoms. The third-order valence-corrected chi connectivity index (χ3v) is 3.08. The Morgan fingerprint density at radius 2 is 1.85 bits per heavy atom. The fourth-order valence-electron chi connectivity index (χ4n) is 2.14. The molecular formula is C15H16N2O3. The number of H-pyrrole nitrogens is 1. The molecule has 1 aromatic heterocycles. The molecule has 2 rings (SSSR count). The van der Waals surface area contributed by atoms with Crippen LogP contribution in [0.4, 0.5) is 5.69 Å². The number of nitrogens with one attached hydrogen (secondary N) is 2. The number of fused-ring (bicyclic) bond motifs is 1. The third kappa shape index (κ3) is 2.93. The van der Waals surface area contributed by atoms with Gasteiger partial charge in [0.05, 0.1) is 11.9 Å². The Morgan fingerprint density at radius 3 is 2.50 bits per heavy atom. The largest absolute Gasteiger partial charge is 0.325 e. The number of amides is 1. The van der Waals surface area contributed by atoms with E-state index in [0.717, 1.165) is 16.5 Å². The number of benzene rings is 1. The van der Waals surface area contributed by atoms with Crippen LogP contribution in [0.15, 0.2) is 23.0 Å². The number of rotatable bonds is 3. The van der Waals surface area contributed by atoms with E-state index in [1.165, 1.54) is 13.0 Å². The zero-order chi connectivity index (χ0) is 14.9. The number of hydrogen-bond donors (Lipinski definition) is 2. The van der Waals surface area contributed by atoms with Gasteiger partial charge in [-0.3, -0.25) is 14.4 Å². The molecule has 1 amide bonds. The van der Waals surface area contributed by atoms with E-state index in [2.05, 4.69) is 10.3 Å². The molecule has 0 aliphatic carbocycles. The van der Waals surface area contributed by atoms with Crippen LogP contribution in [0.1, 0.15) is 24.5 Å². The van der Waals surface area contributed by atoms with Gasteiger partial charge in [0.1, 0.15) is 5.78 Å². The van der Waals surface area contributed by atoms with Crippen LogP contribution >= 0.6 is 0 Å². The van der Waals surface area contributed by atoms with Gasteiger partial charge in [0, 0.05) is 17.1 Å². The summed E-state index contributed by atoms with van der Waals surface area (Å²) in [4.78, 5) is 36.8. The van der Waals surface area contributed by atoms with Crippen molar-refractivity contribution in [1.29, 1.82) is 0 Å². The average molecular weight is 272 g/mol. The number of aryl methyl sites for hydroxylation is 2. The van der Waals surface area contributed by atoms with E-state index in [1.54, 1.807) is 6.07 Å². The van der Waals surface area contributed by atoms with Crippen molar-refractivity contribution in [2.24, 2.45) is 0 Å². The monoisotopic (exact) mass is 272 g/mol. The zero-order valence-electron chi connectivity index (χ0n) is 11.7. The highest BCUT2D eigenvalue weighted by atomic mass is 16.2. The lowest BCUT2D eigenvalue weighted by Crippen LogP contribution is -2.15. The minimum Gasteiger partial charge on any atom is -0.325 e. The summed E-state index contributed by atoms with van der Waals surface area (Å²) in [6, 6.07) is 5.16. The van der Waals surface area contributed by atoms with E-state index < -0.39 is 0 Å². The lowest BCUT2D eigenvalue weighted by atomic mass is 10.1. The van der Waals surface area contributed by atoms with E-state index in [-0.39, 0.29) is 23.7 Å². The molecule has 5 heteroatoms. The van der Waals surface area contributed by atoms with Gasteiger partial charge in [-0.2, -0.15) is 0 Å². The molecule has 0 fully saturated rings. The second kappa shape index (κ2) is 5.28. The smallest absolute Gasteiger partial charge is 0.248 e. The molecule has 0 spiro atoms. The average Bonchev–Trinajstić information content (AvgIpc) is 2.30. The predicted octanol–water partition coefficient (Wildman–Crippen LogP) is 2.06. The first-order valence-electron chi connectivity index (χ1n) is 6.30. The predicted molar refractivity (Wildman–Crippen MR) is 78.0 cm³/mol. The van der Waals surface area contributed by atoms with Crippen molar-refractivity contribution in [3.05, 3.63) is 39.7 Å². The molecular weight excluding hydrogens is 256 g/mol. The Labute approximate surface area is 116 Å². The van der Waals surface area contributed by atoms with Crippen LogP contribution in [0.25, 0.3) is 10.9 Å². The Morgan fingerprint density at radius 1 is 1.15 bits per heavy atom. The molecule has 0 saturated carbocycles. The van der Waals surface area contributed by atoms with Crippen LogP contribution in [0.5, 0.6) is 0 Å². The van der Waals surface area contributed by atoms with Gasteiger partial charge in [-0.1, -0.05) is 0 Å². The van der Waals surface area contributed by atoms with Gasteiger partial charge in [-0.25, -0.2) is 0 Å². The Bertz CT molecular complexity index is 760. The number of aromatic nitrogens is 1. The summed E-state index contributed by atoms with van der Waals surface area (Å²) in [5, 5.41) is 3.63. The number of carbonyl (C=O) groups excluding carboxylic acids is 2. The lowest BCUT2D eigenvalue weighted by molar-refractivity contribution is -0.124. The molecule has 5 nitrogen and oxygen atoms in total. The quantitative estimate of drug-likeness (QED) is 0.839. The van der Waals surface area contributed by atoms with Crippen molar-refractivity contribution in [2.75, 3.05) is 5.32 Å². The second-order valence-corrected chi connectivity index (χ2v) is 4.96. The molecule has 0 aliphatic rings. The number of ketones is 1. The molecule has 0 bridgehead atoms. The Hall–Kier alpha value is -2.43. The van der Waals surface area contributed by atoms with Gasteiger partial charge >= 0.3 is 0 Å². The molecule has 1 heterocycles. The third-order valence-electron chi connectivity index (χ3n) is 3.08. The van der Waals surface area contributed by atoms with Gasteiger partial charge in [0.2, 0.25) is 11.5 Å². The Balaban J connectivity index is 2.45. The van der Waals surface area contributed by atoms with Crippen LogP contribution in [0, 0.1) is 13.8 Å². The number of hydrogen-bond acceptors (Lipinski definition) is 3. The van der Waals surface area contributed by atoms with Crippen LogP contribution in [0.2, 0.25) is 0 Å². The lowest BCUT2D eigenvalue weighted by Gasteiger charge is -2.10. The fraction of sp³-hybridized carbons (Fsp3) is 0.267. The van der Waals surface area contributed by atoms with Crippen molar-refractivity contribution >= 4 is 28.3 Å². The fourth-order valence-corrected chi connectivity index (χ4v) is 2.14. The van der Waals surface area contributed by atoms with Crippen molar-refractivity contribution in [3.63, 3.8) is 0 Å². The van der Waals surface area contributed by atoms with Crippen molar-refractivity contribution < 1.29 is 9.59 Å². The number of aromatic amines is 1. The number of anilines is 1. The molecule has 2 aromatic rings. The SMILES string of the molecule is CC(=O)CC(=O)Nc1cc2[nH]c(=O)cc(C)c2cc1C. The molecule has 104 valence electrons. The normalized spacial score (nSPS) is 10.6. The molecule has 1 aromatic carbocycles. The Kier molecular flexibility index (Phi) is 3.70. The summed E-state index contributed by atoms with van der Waals surface area (Å²) >= 11 is 0. The summed E-state index contributed by atoms with van der Waals surface area (Å²) < 4.78 is 0. The van der Waals surface area contributed by atoms with E-state index in [4.69, 9.17) is 0 Å². The molecule has 0 unspecified atom stereocenters. The highest BCUT2D eigenvalue weighted by molar-refractivity contribution is 6.04. The molecule has 0 aliphatic heterocycles. The summed E-state index contributed by atoms with van der Waals surface area (Å²) in [7, 11) is 0. The van der Waals surface area contributed by atoms with Crippen LogP contribution in [-0.2, 0) is 9.59 Å². The highest BCUT2D eigenvalue weighted by Gasteiger charge is 2.09. The highest BCUT2D eigenvalue weighted by Crippen LogP contribution is 2.23. The van der Waals surface area contributed by atoms with Crippen LogP contribution in [-0.4, -0.2) is 16.7 Å². The number of Topliss-reactive ketones (excluding diaryl/α,β-unsaturated/α-hetero) is 1. The van der Waals surface area contributed by atoms with Gasteiger partial charge in [-0.15, -0.1) is 0 Å². The van der Waals surface area contributed by atoms with Crippen molar-refractivity contribution in [3.8, 4) is 0 Å². The van der Waals surface area contributed by atoms with Crippen molar-refractivity contribution in [2.45, 2.75) is 27.2 Å². The van der Waals surface area contributed by atoms with Gasteiger partial charge in [-0.05, 0) is 44.0 Å². The van der Waals surface area contributed by atoms with Gasteiger partial charge in [0.25, 0.3) is 0 Å². The summed E-state index contributed by atoms with van der Waals surface area (Å²) in [6.07, 6.45) is -0.151. The zero-order valence-corrected chi connectivity index (χ0v) is 11.7. The minimum absolute atomic E-state index is 0.151. The van der Waals surface area contributed by atoms with E-state index in [9.17, 15) is 14.4 Å². The van der Waals surface area contributed by atoms with Crippen molar-refractivity contribution in [1.82, 2.24) is 4.98 Å². The topological polar surface area (TPSA) is 79.0 Å². The summed E-state index contributed by atoms with van der Waals surface area (Å²) in [6.45, 7) is 5.10. The molecule has 0 radical (unpaired) electrons. The first-order valence-corrected chi connectivity index (χ1v) is 6.30. The van der Waals surface area contributed by atoms with Crippen LogP contribution in [0.3, 0.4) is 0 Å².